The maximum absolute atomic E-state index is 12.7. The molecule has 2 aromatic rings. The van der Waals surface area contributed by atoms with Gasteiger partial charge in [-0.05, 0) is 24.3 Å². The molecule has 4 heteroatoms. The van der Waals surface area contributed by atoms with Crippen molar-refractivity contribution in [1.82, 2.24) is 4.57 Å². The Kier molecular flexibility index (Phi) is 3.04. The Hall–Kier alpha value is -1.97. The van der Waals surface area contributed by atoms with Crippen LogP contribution in [0.1, 0.15) is 16.2 Å². The fourth-order valence-electron chi connectivity index (χ4n) is 1.65. The summed E-state index contributed by atoms with van der Waals surface area (Å²) < 4.78 is 16.5. The summed E-state index contributed by atoms with van der Waals surface area (Å²) in [5, 5.41) is 0. The van der Waals surface area contributed by atoms with E-state index in [1.54, 1.807) is 0 Å². The standard InChI is InChI=1S/C13H14FN2O/c1-10-15(2)7-8-16(10)9-13(17)11-3-5-12(14)6-4-11/h3-8H,9H2,1-2H3/q+1. The number of hydrogen-bond donors (Lipinski definition) is 0. The number of Topliss-reactive ketones (excluding diaryl/α,β-unsaturated/α-hetero) is 1. The number of carbonyl (C=O) groups excluding carboxylic acids is 1. The van der Waals surface area contributed by atoms with Crippen LogP contribution in [0.5, 0.6) is 0 Å². The van der Waals surface area contributed by atoms with Crippen molar-refractivity contribution in [2.75, 3.05) is 0 Å². The first-order valence-corrected chi connectivity index (χ1v) is 5.38. The molecule has 17 heavy (non-hydrogen) atoms. The lowest BCUT2D eigenvalue weighted by Crippen LogP contribution is -2.30. The predicted octanol–water partition coefficient (Wildman–Crippen LogP) is 1.64. The van der Waals surface area contributed by atoms with Gasteiger partial charge < -0.3 is 0 Å². The number of carbonyl (C=O) groups is 1. The molecule has 88 valence electrons. The summed E-state index contributed by atoms with van der Waals surface area (Å²) in [5.41, 5.74) is 0.530. The van der Waals surface area contributed by atoms with E-state index in [0.717, 1.165) is 5.82 Å². The lowest BCUT2D eigenvalue weighted by atomic mass is 10.1. The molecule has 0 aliphatic rings. The van der Waals surface area contributed by atoms with Crippen LogP contribution in [-0.4, -0.2) is 10.4 Å². The first-order chi connectivity index (χ1) is 8.08. The fraction of sp³-hybridized carbons (Fsp3) is 0.231. The lowest BCUT2D eigenvalue weighted by molar-refractivity contribution is -0.677. The molecular formula is C13H14FN2O+. The van der Waals surface area contributed by atoms with Gasteiger partial charge in [-0.2, -0.15) is 0 Å². The van der Waals surface area contributed by atoms with Crippen LogP contribution in [0.25, 0.3) is 0 Å². The highest BCUT2D eigenvalue weighted by Gasteiger charge is 2.14. The van der Waals surface area contributed by atoms with E-state index in [9.17, 15) is 9.18 Å². The highest BCUT2D eigenvalue weighted by molar-refractivity contribution is 5.95. The first kappa shape index (κ1) is 11.5. The number of halogens is 1. The van der Waals surface area contributed by atoms with Crippen molar-refractivity contribution in [3.63, 3.8) is 0 Å². The molecule has 0 saturated heterocycles. The molecular weight excluding hydrogens is 219 g/mol. The van der Waals surface area contributed by atoms with Crippen molar-refractivity contribution < 1.29 is 13.8 Å². The normalized spacial score (nSPS) is 10.5. The number of nitrogens with zero attached hydrogens (tertiary/aromatic N) is 2. The number of ketones is 1. The third kappa shape index (κ3) is 2.41. The maximum atomic E-state index is 12.7. The van der Waals surface area contributed by atoms with E-state index < -0.39 is 0 Å². The van der Waals surface area contributed by atoms with Gasteiger partial charge in [-0.25, -0.2) is 13.5 Å². The Balaban J connectivity index is 2.17. The molecule has 1 aromatic heterocycles. The van der Waals surface area contributed by atoms with Crippen molar-refractivity contribution >= 4 is 5.78 Å². The summed E-state index contributed by atoms with van der Waals surface area (Å²) in [6.45, 7) is 2.22. The van der Waals surface area contributed by atoms with E-state index in [0.29, 0.717) is 5.56 Å². The van der Waals surface area contributed by atoms with Crippen LogP contribution in [0.2, 0.25) is 0 Å². The Morgan fingerprint density at radius 3 is 2.53 bits per heavy atom. The Labute approximate surface area is 99.1 Å². The van der Waals surface area contributed by atoms with Crippen LogP contribution < -0.4 is 4.57 Å². The van der Waals surface area contributed by atoms with Crippen LogP contribution in [0, 0.1) is 12.7 Å². The molecule has 2 rings (SSSR count). The average molecular weight is 233 g/mol. The third-order valence-corrected chi connectivity index (χ3v) is 2.88. The molecule has 1 aromatic carbocycles. The molecule has 0 aliphatic carbocycles. The molecule has 3 nitrogen and oxygen atoms in total. The highest BCUT2D eigenvalue weighted by Crippen LogP contribution is 2.05. The van der Waals surface area contributed by atoms with Gasteiger partial charge in [0, 0.05) is 12.5 Å². The molecule has 0 unspecified atom stereocenters. The summed E-state index contributed by atoms with van der Waals surface area (Å²) in [7, 11) is 1.92. The number of aryl methyl sites for hydroxylation is 1. The van der Waals surface area contributed by atoms with Gasteiger partial charge in [-0.3, -0.25) is 4.79 Å². The summed E-state index contributed by atoms with van der Waals surface area (Å²) in [4.78, 5) is 11.9. The summed E-state index contributed by atoms with van der Waals surface area (Å²) in [5.74, 6) is 0.648. The van der Waals surface area contributed by atoms with Gasteiger partial charge in [0.1, 0.15) is 18.2 Å². The van der Waals surface area contributed by atoms with Gasteiger partial charge in [0.05, 0.1) is 7.05 Å². The molecule has 0 aliphatic heterocycles. The van der Waals surface area contributed by atoms with Gasteiger partial charge in [-0.15, -0.1) is 0 Å². The van der Waals surface area contributed by atoms with Crippen molar-refractivity contribution in [2.24, 2.45) is 7.05 Å². The van der Waals surface area contributed by atoms with E-state index in [1.165, 1.54) is 24.3 Å². The molecule has 0 saturated carbocycles. The van der Waals surface area contributed by atoms with E-state index in [1.807, 2.05) is 35.5 Å². The molecule has 0 N–H and O–H groups in total. The zero-order valence-electron chi connectivity index (χ0n) is 9.85. The maximum Gasteiger partial charge on any atom is 0.253 e. The minimum atomic E-state index is -0.329. The number of benzene rings is 1. The Morgan fingerprint density at radius 2 is 2.00 bits per heavy atom. The SMILES string of the molecule is Cc1n(CC(=O)c2ccc(F)cc2)cc[n+]1C. The lowest BCUT2D eigenvalue weighted by Gasteiger charge is -2.00. The zero-order valence-corrected chi connectivity index (χ0v) is 9.85. The zero-order chi connectivity index (χ0) is 12.4. The number of aromatic nitrogens is 2. The summed E-state index contributed by atoms with van der Waals surface area (Å²) >= 11 is 0. The molecule has 0 radical (unpaired) electrons. The molecule has 0 fully saturated rings. The third-order valence-electron chi connectivity index (χ3n) is 2.88. The Bertz CT molecular complexity index is 543. The fourth-order valence-corrected chi connectivity index (χ4v) is 1.65. The second-order valence-corrected chi connectivity index (χ2v) is 4.01. The second-order valence-electron chi connectivity index (χ2n) is 4.01. The smallest absolute Gasteiger partial charge is 0.253 e. The molecule has 0 spiro atoms. The van der Waals surface area contributed by atoms with Gasteiger partial charge in [0.2, 0.25) is 5.78 Å². The van der Waals surface area contributed by atoms with E-state index >= 15 is 0 Å². The van der Waals surface area contributed by atoms with Crippen LogP contribution >= 0.6 is 0 Å². The molecule has 0 bridgehead atoms. The first-order valence-electron chi connectivity index (χ1n) is 5.38. The van der Waals surface area contributed by atoms with Crippen molar-refractivity contribution in [3.05, 3.63) is 53.9 Å². The van der Waals surface area contributed by atoms with Crippen LogP contribution in [-0.2, 0) is 13.6 Å². The molecule has 0 atom stereocenters. The molecule has 0 amide bonds. The topological polar surface area (TPSA) is 25.9 Å². The largest absolute Gasteiger partial charge is 0.290 e. The number of rotatable bonds is 3. The predicted molar refractivity (Wildman–Crippen MR) is 61.1 cm³/mol. The van der Waals surface area contributed by atoms with E-state index in [-0.39, 0.29) is 18.1 Å². The van der Waals surface area contributed by atoms with E-state index in [4.69, 9.17) is 0 Å². The van der Waals surface area contributed by atoms with Gasteiger partial charge in [0.15, 0.2) is 6.54 Å². The van der Waals surface area contributed by atoms with E-state index in [2.05, 4.69) is 0 Å². The van der Waals surface area contributed by atoms with Crippen LogP contribution in [0.3, 0.4) is 0 Å². The highest BCUT2D eigenvalue weighted by atomic mass is 19.1. The average Bonchev–Trinajstić information content (AvgIpc) is 2.62. The number of hydrogen-bond acceptors (Lipinski definition) is 1. The van der Waals surface area contributed by atoms with Gasteiger partial charge in [-0.1, -0.05) is 0 Å². The van der Waals surface area contributed by atoms with Crippen molar-refractivity contribution in [2.45, 2.75) is 13.5 Å². The van der Waals surface area contributed by atoms with Crippen LogP contribution in [0.4, 0.5) is 4.39 Å². The minimum Gasteiger partial charge on any atom is -0.290 e. The summed E-state index contributed by atoms with van der Waals surface area (Å²) in [6, 6.07) is 5.62. The molecule has 1 heterocycles. The Morgan fingerprint density at radius 1 is 1.35 bits per heavy atom. The minimum absolute atomic E-state index is 0.0238. The van der Waals surface area contributed by atoms with Crippen LogP contribution in [0.15, 0.2) is 36.7 Å². The number of imidazole rings is 1. The monoisotopic (exact) mass is 233 g/mol. The summed E-state index contributed by atoms with van der Waals surface area (Å²) in [6.07, 6.45) is 3.75. The second kappa shape index (κ2) is 4.49. The van der Waals surface area contributed by atoms with Gasteiger partial charge >= 0.3 is 0 Å². The van der Waals surface area contributed by atoms with Crippen molar-refractivity contribution in [3.8, 4) is 0 Å². The van der Waals surface area contributed by atoms with Gasteiger partial charge in [0.25, 0.3) is 5.82 Å². The van der Waals surface area contributed by atoms with Crippen molar-refractivity contribution in [1.29, 1.82) is 0 Å². The quantitative estimate of drug-likeness (QED) is 0.584.